The van der Waals surface area contributed by atoms with Gasteiger partial charge in [-0.1, -0.05) is 26.3 Å². The monoisotopic (exact) mass is 336 g/mol. The summed E-state index contributed by atoms with van der Waals surface area (Å²) in [5.41, 5.74) is 0.275. The summed E-state index contributed by atoms with van der Waals surface area (Å²) in [4.78, 5) is 2.17. The van der Waals surface area contributed by atoms with Gasteiger partial charge in [-0.3, -0.25) is 4.90 Å². The molecular formula is C16H24ClF3N2. The molecule has 1 saturated heterocycles. The van der Waals surface area contributed by atoms with E-state index in [0.717, 1.165) is 45.1 Å². The second kappa shape index (κ2) is 8.75. The number of hydrogen-bond acceptors (Lipinski definition) is 2. The SMILES string of the molecule is CCCC(C)[C@@H](c1ccc(F)c(F)c1F)N1CCNCC1.Cl. The molecule has 0 spiro atoms. The third kappa shape index (κ3) is 4.15. The fourth-order valence-electron chi connectivity index (χ4n) is 3.21. The molecule has 1 N–H and O–H groups in total. The molecule has 1 aromatic carbocycles. The van der Waals surface area contributed by atoms with Gasteiger partial charge in [0, 0.05) is 37.8 Å². The number of nitrogens with one attached hydrogen (secondary N) is 1. The van der Waals surface area contributed by atoms with Crippen LogP contribution in [0, 0.1) is 23.4 Å². The van der Waals surface area contributed by atoms with Crippen molar-refractivity contribution in [3.05, 3.63) is 35.1 Å². The highest BCUT2D eigenvalue weighted by atomic mass is 35.5. The highest BCUT2D eigenvalue weighted by Gasteiger charge is 2.30. The van der Waals surface area contributed by atoms with Gasteiger partial charge >= 0.3 is 0 Å². The van der Waals surface area contributed by atoms with Crippen molar-refractivity contribution in [1.29, 1.82) is 0 Å². The average Bonchev–Trinajstić information content (AvgIpc) is 2.49. The van der Waals surface area contributed by atoms with Crippen LogP contribution in [0.3, 0.4) is 0 Å². The van der Waals surface area contributed by atoms with Crippen LogP contribution in [0.1, 0.15) is 38.3 Å². The zero-order chi connectivity index (χ0) is 15.4. The van der Waals surface area contributed by atoms with Crippen LogP contribution in [-0.4, -0.2) is 31.1 Å². The summed E-state index contributed by atoms with van der Waals surface area (Å²) >= 11 is 0. The molecule has 1 heterocycles. The Kier molecular flexibility index (Phi) is 7.66. The lowest BCUT2D eigenvalue weighted by Crippen LogP contribution is -2.47. The number of rotatable bonds is 5. The van der Waals surface area contributed by atoms with Gasteiger partial charge in [-0.15, -0.1) is 12.4 Å². The summed E-state index contributed by atoms with van der Waals surface area (Å²) in [6.45, 7) is 7.37. The smallest absolute Gasteiger partial charge is 0.194 e. The zero-order valence-corrected chi connectivity index (χ0v) is 13.9. The van der Waals surface area contributed by atoms with E-state index in [1.807, 2.05) is 0 Å². The molecule has 1 aliphatic heterocycles. The lowest BCUT2D eigenvalue weighted by atomic mass is 9.88. The second-order valence-corrected chi connectivity index (χ2v) is 5.76. The van der Waals surface area contributed by atoms with Gasteiger partial charge < -0.3 is 5.32 Å². The van der Waals surface area contributed by atoms with Gasteiger partial charge in [-0.05, 0) is 18.4 Å². The minimum Gasteiger partial charge on any atom is -0.314 e. The molecule has 1 aromatic rings. The Morgan fingerprint density at radius 3 is 2.36 bits per heavy atom. The van der Waals surface area contributed by atoms with Gasteiger partial charge in [0.1, 0.15) is 0 Å². The minimum atomic E-state index is -1.36. The summed E-state index contributed by atoms with van der Waals surface area (Å²) in [5, 5.41) is 3.26. The zero-order valence-electron chi connectivity index (χ0n) is 13.0. The number of nitrogens with zero attached hydrogens (tertiary/aromatic N) is 1. The van der Waals surface area contributed by atoms with Crippen molar-refractivity contribution in [2.45, 2.75) is 32.7 Å². The van der Waals surface area contributed by atoms with Crippen LogP contribution in [0.5, 0.6) is 0 Å². The van der Waals surface area contributed by atoms with Crippen LogP contribution in [-0.2, 0) is 0 Å². The van der Waals surface area contributed by atoms with Crippen LogP contribution >= 0.6 is 12.4 Å². The van der Waals surface area contributed by atoms with E-state index in [4.69, 9.17) is 0 Å². The molecule has 0 aromatic heterocycles. The Hall–Kier alpha value is -0.780. The topological polar surface area (TPSA) is 15.3 Å². The number of piperazine rings is 1. The van der Waals surface area contributed by atoms with Gasteiger partial charge in [0.2, 0.25) is 0 Å². The highest BCUT2D eigenvalue weighted by molar-refractivity contribution is 5.85. The van der Waals surface area contributed by atoms with Crippen LogP contribution in [0.15, 0.2) is 12.1 Å². The summed E-state index contributed by atoms with van der Waals surface area (Å²) < 4.78 is 41.0. The fourth-order valence-corrected chi connectivity index (χ4v) is 3.21. The molecule has 2 rings (SSSR count). The predicted molar refractivity (Wildman–Crippen MR) is 84.8 cm³/mol. The summed E-state index contributed by atoms with van der Waals surface area (Å²) in [7, 11) is 0. The van der Waals surface area contributed by atoms with E-state index in [1.54, 1.807) is 0 Å². The third-order valence-electron chi connectivity index (χ3n) is 4.21. The van der Waals surface area contributed by atoms with Crippen molar-refractivity contribution in [3.8, 4) is 0 Å². The van der Waals surface area contributed by atoms with Gasteiger partial charge in [-0.25, -0.2) is 13.2 Å². The van der Waals surface area contributed by atoms with Gasteiger partial charge in [0.25, 0.3) is 0 Å². The molecule has 126 valence electrons. The quantitative estimate of drug-likeness (QED) is 0.820. The summed E-state index contributed by atoms with van der Waals surface area (Å²) in [6.07, 6.45) is 1.90. The molecule has 0 aliphatic carbocycles. The van der Waals surface area contributed by atoms with Crippen molar-refractivity contribution in [2.24, 2.45) is 5.92 Å². The van der Waals surface area contributed by atoms with Crippen LogP contribution in [0.25, 0.3) is 0 Å². The first kappa shape index (κ1) is 19.3. The van der Waals surface area contributed by atoms with Crippen LogP contribution in [0.4, 0.5) is 13.2 Å². The molecule has 0 amide bonds. The van der Waals surface area contributed by atoms with Crippen molar-refractivity contribution in [2.75, 3.05) is 26.2 Å². The van der Waals surface area contributed by atoms with Gasteiger partial charge in [0.15, 0.2) is 17.5 Å². The Balaban J connectivity index is 0.00000242. The molecule has 0 radical (unpaired) electrons. The van der Waals surface area contributed by atoms with Crippen molar-refractivity contribution < 1.29 is 13.2 Å². The molecule has 1 fully saturated rings. The number of halogens is 4. The fraction of sp³-hybridized carbons (Fsp3) is 0.625. The van der Waals surface area contributed by atoms with E-state index in [9.17, 15) is 13.2 Å². The van der Waals surface area contributed by atoms with Gasteiger partial charge in [-0.2, -0.15) is 0 Å². The maximum atomic E-state index is 14.2. The van der Waals surface area contributed by atoms with E-state index >= 15 is 0 Å². The normalized spacial score (nSPS) is 18.6. The lowest BCUT2D eigenvalue weighted by molar-refractivity contribution is 0.122. The molecule has 2 atom stereocenters. The van der Waals surface area contributed by atoms with E-state index in [1.165, 1.54) is 6.07 Å². The summed E-state index contributed by atoms with van der Waals surface area (Å²) in [5.74, 6) is -3.34. The lowest BCUT2D eigenvalue weighted by Gasteiger charge is -2.38. The largest absolute Gasteiger partial charge is 0.314 e. The molecular weight excluding hydrogens is 313 g/mol. The standard InChI is InChI=1S/C16H23F3N2.ClH/c1-3-4-11(2)16(21-9-7-20-8-10-21)12-5-6-13(17)15(19)14(12)18;/h5-6,11,16,20H,3-4,7-10H2,1-2H3;1H/t11?,16-;/m0./s1. The summed E-state index contributed by atoms with van der Waals surface area (Å²) in [6, 6.07) is 2.22. The van der Waals surface area contributed by atoms with E-state index in [0.29, 0.717) is 0 Å². The first-order valence-electron chi connectivity index (χ1n) is 7.64. The maximum Gasteiger partial charge on any atom is 0.194 e. The van der Waals surface area contributed by atoms with Gasteiger partial charge in [0.05, 0.1) is 0 Å². The Bertz CT molecular complexity index is 479. The first-order chi connectivity index (χ1) is 10.1. The van der Waals surface area contributed by atoms with Crippen LogP contribution < -0.4 is 5.32 Å². The first-order valence-corrected chi connectivity index (χ1v) is 7.64. The van der Waals surface area contributed by atoms with E-state index < -0.39 is 17.5 Å². The molecule has 0 saturated carbocycles. The molecule has 2 nitrogen and oxygen atoms in total. The molecule has 1 aliphatic rings. The third-order valence-corrected chi connectivity index (χ3v) is 4.21. The van der Waals surface area contributed by atoms with Crippen molar-refractivity contribution in [3.63, 3.8) is 0 Å². The molecule has 0 bridgehead atoms. The molecule has 22 heavy (non-hydrogen) atoms. The highest BCUT2D eigenvalue weighted by Crippen LogP contribution is 2.34. The maximum absolute atomic E-state index is 14.2. The van der Waals surface area contributed by atoms with Crippen molar-refractivity contribution in [1.82, 2.24) is 10.2 Å². The minimum absolute atomic E-state index is 0. The van der Waals surface area contributed by atoms with E-state index in [2.05, 4.69) is 24.1 Å². The Labute approximate surface area is 136 Å². The predicted octanol–water partition coefficient (Wildman–Crippen LogP) is 3.91. The number of benzene rings is 1. The number of hydrogen-bond donors (Lipinski definition) is 1. The van der Waals surface area contributed by atoms with Crippen LogP contribution in [0.2, 0.25) is 0 Å². The molecule has 6 heteroatoms. The van der Waals surface area contributed by atoms with E-state index in [-0.39, 0.29) is 29.9 Å². The molecule has 1 unspecified atom stereocenters. The van der Waals surface area contributed by atoms with Crippen molar-refractivity contribution >= 4 is 12.4 Å². The Morgan fingerprint density at radius 1 is 1.14 bits per heavy atom. The average molecular weight is 337 g/mol. The Morgan fingerprint density at radius 2 is 1.77 bits per heavy atom. The second-order valence-electron chi connectivity index (χ2n) is 5.76.